The van der Waals surface area contributed by atoms with Gasteiger partial charge < -0.3 is 10.2 Å². The van der Waals surface area contributed by atoms with E-state index in [2.05, 4.69) is 44.8 Å². The van der Waals surface area contributed by atoms with Crippen LogP contribution in [-0.2, 0) is 5.54 Å². The maximum absolute atomic E-state index is 4.91. The molecular weight excluding hydrogens is 278 g/mol. The van der Waals surface area contributed by atoms with E-state index in [1.165, 1.54) is 60.9 Å². The van der Waals surface area contributed by atoms with Crippen LogP contribution in [0.2, 0.25) is 0 Å². The fourth-order valence-electron chi connectivity index (χ4n) is 3.38. The second kappa shape index (κ2) is 7.21. The summed E-state index contributed by atoms with van der Waals surface area (Å²) in [7, 11) is 0. The zero-order valence-corrected chi connectivity index (χ0v) is 15.1. The minimum Gasteiger partial charge on any atom is -0.303 e. The molecule has 4 heteroatoms. The van der Waals surface area contributed by atoms with Gasteiger partial charge in [-0.1, -0.05) is 6.92 Å². The molecule has 1 atom stereocenters. The zero-order valence-electron chi connectivity index (χ0n) is 14.3. The fraction of sp³-hybridized carbons (Fsp3) is 0.824. The molecule has 0 spiro atoms. The minimum absolute atomic E-state index is 0.0837. The standard InChI is InChI=1S/C17H31N3S/c1-6-10-20-11-7-8-17(9-12-20,19-13(2)3)16-18-14(4)15(5)21-16/h13,19H,6-12H2,1-5H3. The van der Waals surface area contributed by atoms with Crippen LogP contribution in [0.3, 0.4) is 0 Å². The first kappa shape index (κ1) is 16.9. The van der Waals surface area contributed by atoms with Crippen LogP contribution in [0, 0.1) is 13.8 Å². The molecule has 0 aliphatic carbocycles. The average molecular weight is 310 g/mol. The van der Waals surface area contributed by atoms with Gasteiger partial charge in [0.15, 0.2) is 0 Å². The molecule has 1 N–H and O–H groups in total. The van der Waals surface area contributed by atoms with Crippen molar-refractivity contribution in [3.8, 4) is 0 Å². The number of nitrogens with one attached hydrogen (secondary N) is 1. The van der Waals surface area contributed by atoms with E-state index in [1.807, 2.05) is 11.3 Å². The van der Waals surface area contributed by atoms with Crippen LogP contribution in [0.15, 0.2) is 0 Å². The first-order chi connectivity index (χ1) is 9.97. The van der Waals surface area contributed by atoms with Crippen molar-refractivity contribution in [2.45, 2.75) is 71.9 Å². The maximum Gasteiger partial charge on any atom is 0.113 e. The Morgan fingerprint density at radius 3 is 2.62 bits per heavy atom. The normalized spacial score (nSPS) is 24.5. The average Bonchev–Trinajstić information content (AvgIpc) is 2.63. The topological polar surface area (TPSA) is 28.2 Å². The zero-order chi connectivity index (χ0) is 15.5. The third-order valence-corrected chi connectivity index (χ3v) is 5.75. The Kier molecular flexibility index (Phi) is 5.81. The summed E-state index contributed by atoms with van der Waals surface area (Å²) in [5.41, 5.74) is 1.29. The molecule has 1 saturated heterocycles. The molecular formula is C17H31N3S. The molecule has 0 amide bonds. The number of aryl methyl sites for hydroxylation is 2. The fourth-order valence-corrected chi connectivity index (χ4v) is 4.50. The summed E-state index contributed by atoms with van der Waals surface area (Å²) in [6.45, 7) is 14.8. The third-order valence-electron chi connectivity index (χ3n) is 4.48. The Morgan fingerprint density at radius 2 is 2.05 bits per heavy atom. The van der Waals surface area contributed by atoms with Crippen molar-refractivity contribution in [2.75, 3.05) is 19.6 Å². The van der Waals surface area contributed by atoms with E-state index in [9.17, 15) is 0 Å². The number of rotatable bonds is 5. The molecule has 2 heterocycles. The molecule has 3 nitrogen and oxygen atoms in total. The molecule has 1 aliphatic rings. The Labute approximate surface area is 134 Å². The van der Waals surface area contributed by atoms with Gasteiger partial charge in [0, 0.05) is 17.5 Å². The molecule has 0 saturated carbocycles. The van der Waals surface area contributed by atoms with Gasteiger partial charge in [-0.2, -0.15) is 0 Å². The van der Waals surface area contributed by atoms with E-state index in [-0.39, 0.29) is 5.54 Å². The van der Waals surface area contributed by atoms with Crippen molar-refractivity contribution in [2.24, 2.45) is 0 Å². The maximum atomic E-state index is 4.91. The molecule has 1 aromatic heterocycles. The monoisotopic (exact) mass is 309 g/mol. The van der Waals surface area contributed by atoms with Crippen molar-refractivity contribution >= 4 is 11.3 Å². The summed E-state index contributed by atoms with van der Waals surface area (Å²) in [5.74, 6) is 0. The van der Waals surface area contributed by atoms with Gasteiger partial charge in [0.05, 0.1) is 11.2 Å². The molecule has 1 aromatic rings. The first-order valence-corrected chi connectivity index (χ1v) is 9.23. The SMILES string of the molecule is CCCN1CCCC(NC(C)C)(c2nc(C)c(C)s2)CC1. The van der Waals surface area contributed by atoms with Gasteiger partial charge in [-0.05, 0) is 66.5 Å². The molecule has 2 rings (SSSR count). The van der Waals surface area contributed by atoms with Crippen molar-refractivity contribution < 1.29 is 0 Å². The molecule has 1 unspecified atom stereocenters. The summed E-state index contributed by atoms with van der Waals surface area (Å²) >= 11 is 1.89. The highest BCUT2D eigenvalue weighted by atomic mass is 32.1. The van der Waals surface area contributed by atoms with Crippen molar-refractivity contribution in [3.05, 3.63) is 15.6 Å². The molecule has 120 valence electrons. The van der Waals surface area contributed by atoms with Gasteiger partial charge in [-0.15, -0.1) is 11.3 Å². The quantitative estimate of drug-likeness (QED) is 0.895. The second-order valence-electron chi connectivity index (χ2n) is 6.74. The van der Waals surface area contributed by atoms with Gasteiger partial charge in [0.1, 0.15) is 5.01 Å². The van der Waals surface area contributed by atoms with Gasteiger partial charge in [-0.3, -0.25) is 0 Å². The Bertz CT molecular complexity index is 435. The van der Waals surface area contributed by atoms with Crippen molar-refractivity contribution in [1.29, 1.82) is 0 Å². The lowest BCUT2D eigenvalue weighted by molar-refractivity contribution is 0.245. The van der Waals surface area contributed by atoms with E-state index in [4.69, 9.17) is 4.98 Å². The van der Waals surface area contributed by atoms with Crippen LogP contribution in [0.4, 0.5) is 0 Å². The molecule has 21 heavy (non-hydrogen) atoms. The van der Waals surface area contributed by atoms with Crippen LogP contribution in [0.5, 0.6) is 0 Å². The highest BCUT2D eigenvalue weighted by Gasteiger charge is 2.37. The minimum atomic E-state index is 0.0837. The molecule has 0 aromatic carbocycles. The smallest absolute Gasteiger partial charge is 0.113 e. The van der Waals surface area contributed by atoms with E-state index in [0.29, 0.717) is 6.04 Å². The highest BCUT2D eigenvalue weighted by molar-refractivity contribution is 7.11. The van der Waals surface area contributed by atoms with E-state index < -0.39 is 0 Å². The number of likely N-dealkylation sites (tertiary alicyclic amines) is 1. The predicted octanol–water partition coefficient (Wildman–Crippen LogP) is 3.85. The van der Waals surface area contributed by atoms with Crippen LogP contribution in [0.1, 0.15) is 62.0 Å². The second-order valence-corrected chi connectivity index (χ2v) is 7.94. The van der Waals surface area contributed by atoms with Crippen LogP contribution < -0.4 is 5.32 Å². The lowest BCUT2D eigenvalue weighted by Crippen LogP contribution is -2.46. The number of thiazole rings is 1. The summed E-state index contributed by atoms with van der Waals surface area (Å²) < 4.78 is 0. The Balaban J connectivity index is 2.25. The molecule has 0 radical (unpaired) electrons. The van der Waals surface area contributed by atoms with Crippen molar-refractivity contribution in [3.63, 3.8) is 0 Å². The summed E-state index contributed by atoms with van der Waals surface area (Å²) in [6, 6.07) is 0.493. The van der Waals surface area contributed by atoms with Crippen molar-refractivity contribution in [1.82, 2.24) is 15.2 Å². The number of hydrogen-bond acceptors (Lipinski definition) is 4. The largest absolute Gasteiger partial charge is 0.303 e. The predicted molar refractivity (Wildman–Crippen MR) is 92.1 cm³/mol. The lowest BCUT2D eigenvalue weighted by Gasteiger charge is -2.34. The van der Waals surface area contributed by atoms with Crippen LogP contribution >= 0.6 is 11.3 Å². The summed E-state index contributed by atoms with van der Waals surface area (Å²) in [4.78, 5) is 8.90. The number of aromatic nitrogens is 1. The molecule has 1 fully saturated rings. The third kappa shape index (κ3) is 4.05. The van der Waals surface area contributed by atoms with Gasteiger partial charge in [0.2, 0.25) is 0 Å². The number of hydrogen-bond donors (Lipinski definition) is 1. The van der Waals surface area contributed by atoms with Crippen LogP contribution in [0.25, 0.3) is 0 Å². The van der Waals surface area contributed by atoms with Gasteiger partial charge in [0.25, 0.3) is 0 Å². The molecule has 0 bridgehead atoms. The van der Waals surface area contributed by atoms with E-state index in [1.54, 1.807) is 0 Å². The summed E-state index contributed by atoms with van der Waals surface area (Å²) in [6.07, 6.45) is 4.90. The van der Waals surface area contributed by atoms with E-state index in [0.717, 1.165) is 0 Å². The Hall–Kier alpha value is -0.450. The number of nitrogens with zero attached hydrogens (tertiary/aromatic N) is 2. The first-order valence-electron chi connectivity index (χ1n) is 8.41. The Morgan fingerprint density at radius 1 is 1.29 bits per heavy atom. The van der Waals surface area contributed by atoms with Gasteiger partial charge >= 0.3 is 0 Å². The highest BCUT2D eigenvalue weighted by Crippen LogP contribution is 2.37. The van der Waals surface area contributed by atoms with E-state index >= 15 is 0 Å². The van der Waals surface area contributed by atoms with Crippen LogP contribution in [-0.4, -0.2) is 35.6 Å². The molecule has 1 aliphatic heterocycles. The van der Waals surface area contributed by atoms with Gasteiger partial charge in [-0.25, -0.2) is 4.98 Å². The lowest BCUT2D eigenvalue weighted by atomic mass is 9.90. The summed E-state index contributed by atoms with van der Waals surface area (Å²) in [5, 5.41) is 5.19.